The Morgan fingerprint density at radius 1 is 1.25 bits per heavy atom. The second-order valence-electron chi connectivity index (χ2n) is 2.62. The maximum Gasteiger partial charge on any atom is 0.0856 e. The molecule has 3 unspecified atom stereocenters. The lowest BCUT2D eigenvalue weighted by molar-refractivity contribution is 0.373. The van der Waals surface area contributed by atoms with Gasteiger partial charge in [-0.1, -0.05) is 0 Å². The van der Waals surface area contributed by atoms with Gasteiger partial charge < -0.3 is 4.74 Å². The van der Waals surface area contributed by atoms with E-state index in [0.29, 0.717) is 17.6 Å². The molecule has 0 radical (unpaired) electrons. The third kappa shape index (κ3) is 0.741. The summed E-state index contributed by atoms with van der Waals surface area (Å²) in [6.07, 6.45) is 4.59. The minimum atomic E-state index is 0.402. The Labute approximate surface area is 54.0 Å². The lowest BCUT2D eigenvalue weighted by Gasteiger charge is -2.09. The predicted molar refractivity (Wildman–Crippen MR) is 32.2 cm³/mol. The van der Waals surface area contributed by atoms with Gasteiger partial charge in [0.1, 0.15) is 0 Å². The van der Waals surface area contributed by atoms with Gasteiger partial charge >= 0.3 is 0 Å². The van der Waals surface area contributed by atoms with Crippen LogP contribution < -0.4 is 0 Å². The van der Waals surface area contributed by atoms with Gasteiger partial charge in [0, 0.05) is 5.38 Å². The Morgan fingerprint density at radius 3 is 2.75 bits per heavy atom. The first-order chi connectivity index (χ1) is 3.86. The third-order valence-corrected chi connectivity index (χ3v) is 2.34. The summed E-state index contributed by atoms with van der Waals surface area (Å²) in [4.78, 5) is 0. The van der Waals surface area contributed by atoms with E-state index in [9.17, 15) is 0 Å². The molecule has 2 heteroatoms. The van der Waals surface area contributed by atoms with E-state index >= 15 is 0 Å². The van der Waals surface area contributed by atoms with E-state index < -0.39 is 0 Å². The van der Waals surface area contributed by atoms with E-state index in [0.717, 1.165) is 12.8 Å². The van der Waals surface area contributed by atoms with Gasteiger partial charge in [-0.2, -0.15) is 0 Å². The Morgan fingerprint density at radius 2 is 2.12 bits per heavy atom. The van der Waals surface area contributed by atoms with Crippen molar-refractivity contribution in [1.82, 2.24) is 0 Å². The summed E-state index contributed by atoms with van der Waals surface area (Å²) in [5, 5.41) is 0.402. The fourth-order valence-corrected chi connectivity index (χ4v) is 1.66. The van der Waals surface area contributed by atoms with Crippen molar-refractivity contribution in [2.24, 2.45) is 0 Å². The Kier molecular flexibility index (Phi) is 1.02. The molecule has 3 atom stereocenters. The molecular weight excluding hydrogens is 124 g/mol. The van der Waals surface area contributed by atoms with Gasteiger partial charge in [-0.05, 0) is 19.3 Å². The molecule has 0 N–H and O–H groups in total. The summed E-state index contributed by atoms with van der Waals surface area (Å²) in [5.41, 5.74) is 0. The second kappa shape index (κ2) is 1.61. The van der Waals surface area contributed by atoms with Gasteiger partial charge in [-0.3, -0.25) is 0 Å². The molecule has 0 aromatic carbocycles. The normalized spacial score (nSPS) is 52.9. The van der Waals surface area contributed by atoms with Crippen molar-refractivity contribution in [3.8, 4) is 0 Å². The number of alkyl halides is 1. The minimum Gasteiger partial charge on any atom is -0.370 e. The third-order valence-electron chi connectivity index (χ3n) is 1.94. The molecular formula is C6H9ClO. The molecule has 0 amide bonds. The summed E-state index contributed by atoms with van der Waals surface area (Å²) >= 11 is 5.86. The monoisotopic (exact) mass is 132 g/mol. The van der Waals surface area contributed by atoms with Crippen LogP contribution in [0.4, 0.5) is 0 Å². The molecule has 1 aliphatic carbocycles. The molecule has 8 heavy (non-hydrogen) atoms. The topological polar surface area (TPSA) is 12.5 Å². The Hall–Kier alpha value is 0.250. The summed E-state index contributed by atoms with van der Waals surface area (Å²) in [6, 6.07) is 0. The fraction of sp³-hybridized carbons (Fsp3) is 1.00. The molecule has 0 bridgehead atoms. The maximum atomic E-state index is 5.86. The van der Waals surface area contributed by atoms with Crippen molar-refractivity contribution in [3.63, 3.8) is 0 Å². The van der Waals surface area contributed by atoms with Gasteiger partial charge in [-0.25, -0.2) is 0 Å². The van der Waals surface area contributed by atoms with Crippen molar-refractivity contribution >= 4 is 11.6 Å². The average molecular weight is 133 g/mol. The number of rotatable bonds is 0. The minimum absolute atomic E-state index is 0.402. The van der Waals surface area contributed by atoms with E-state index in [4.69, 9.17) is 16.3 Å². The molecule has 2 fully saturated rings. The van der Waals surface area contributed by atoms with Crippen LogP contribution in [0.5, 0.6) is 0 Å². The van der Waals surface area contributed by atoms with Crippen molar-refractivity contribution in [1.29, 1.82) is 0 Å². The summed E-state index contributed by atoms with van der Waals surface area (Å²) in [5.74, 6) is 0. The van der Waals surface area contributed by atoms with Crippen molar-refractivity contribution in [3.05, 3.63) is 0 Å². The molecule has 2 rings (SSSR count). The quantitative estimate of drug-likeness (QED) is 0.360. The molecule has 1 nitrogen and oxygen atoms in total. The van der Waals surface area contributed by atoms with Crippen molar-refractivity contribution < 1.29 is 4.74 Å². The fourth-order valence-electron chi connectivity index (χ4n) is 1.36. The largest absolute Gasteiger partial charge is 0.370 e. The van der Waals surface area contributed by atoms with Crippen LogP contribution in [0.1, 0.15) is 19.3 Å². The van der Waals surface area contributed by atoms with Crippen LogP contribution in [0.3, 0.4) is 0 Å². The summed E-state index contributed by atoms with van der Waals surface area (Å²) < 4.78 is 5.26. The molecule has 1 aliphatic heterocycles. The summed E-state index contributed by atoms with van der Waals surface area (Å²) in [7, 11) is 0. The molecule has 46 valence electrons. The smallest absolute Gasteiger partial charge is 0.0856 e. The highest BCUT2D eigenvalue weighted by Crippen LogP contribution is 2.38. The van der Waals surface area contributed by atoms with Gasteiger partial charge in [-0.15, -0.1) is 11.6 Å². The predicted octanol–water partition coefficient (Wildman–Crippen LogP) is 1.55. The van der Waals surface area contributed by atoms with Crippen LogP contribution in [0, 0.1) is 0 Å². The van der Waals surface area contributed by atoms with Gasteiger partial charge in [0.05, 0.1) is 12.2 Å². The van der Waals surface area contributed by atoms with Crippen LogP contribution >= 0.6 is 11.6 Å². The number of fused-ring (bicyclic) bond motifs is 1. The van der Waals surface area contributed by atoms with Crippen LogP contribution in [0.25, 0.3) is 0 Å². The van der Waals surface area contributed by atoms with Crippen molar-refractivity contribution in [2.75, 3.05) is 0 Å². The Bertz CT molecular complexity index is 105. The molecule has 1 saturated carbocycles. The zero-order chi connectivity index (χ0) is 5.56. The number of hydrogen-bond donors (Lipinski definition) is 0. The molecule has 0 aromatic heterocycles. The van der Waals surface area contributed by atoms with E-state index in [-0.39, 0.29) is 0 Å². The van der Waals surface area contributed by atoms with E-state index in [1.54, 1.807) is 0 Å². The second-order valence-corrected chi connectivity index (χ2v) is 3.24. The Balaban J connectivity index is 1.93. The number of hydrogen-bond acceptors (Lipinski definition) is 1. The zero-order valence-corrected chi connectivity index (χ0v) is 5.40. The molecule has 1 heterocycles. The average Bonchev–Trinajstić information content (AvgIpc) is 2.43. The highest BCUT2D eigenvalue weighted by atomic mass is 35.5. The zero-order valence-electron chi connectivity index (χ0n) is 4.64. The van der Waals surface area contributed by atoms with E-state index in [1.165, 1.54) is 6.42 Å². The van der Waals surface area contributed by atoms with Gasteiger partial charge in [0.15, 0.2) is 0 Å². The highest BCUT2D eigenvalue weighted by molar-refractivity contribution is 6.20. The molecule has 1 saturated heterocycles. The number of epoxide rings is 1. The first kappa shape index (κ1) is 5.07. The first-order valence-corrected chi connectivity index (χ1v) is 3.59. The van der Waals surface area contributed by atoms with Crippen LogP contribution in [0.15, 0.2) is 0 Å². The maximum absolute atomic E-state index is 5.86. The van der Waals surface area contributed by atoms with Gasteiger partial charge in [0.2, 0.25) is 0 Å². The summed E-state index contributed by atoms with van der Waals surface area (Å²) in [6.45, 7) is 0. The van der Waals surface area contributed by atoms with Crippen molar-refractivity contribution in [2.45, 2.75) is 36.8 Å². The lowest BCUT2D eigenvalue weighted by atomic mass is 10.0. The molecule has 2 aliphatic rings. The molecule has 0 aromatic rings. The highest BCUT2D eigenvalue weighted by Gasteiger charge is 2.43. The number of halogens is 1. The SMILES string of the molecule is ClC1CCC2OC2C1. The van der Waals surface area contributed by atoms with Crippen LogP contribution in [-0.2, 0) is 4.74 Å². The standard InChI is InChI=1S/C6H9ClO/c7-4-1-2-5-6(3-4)8-5/h4-6H,1-3H2. The number of ether oxygens (including phenoxy) is 1. The van der Waals surface area contributed by atoms with Gasteiger partial charge in [0.25, 0.3) is 0 Å². The lowest BCUT2D eigenvalue weighted by Crippen LogP contribution is -2.12. The van der Waals surface area contributed by atoms with E-state index in [1.807, 2.05) is 0 Å². The van der Waals surface area contributed by atoms with Crippen LogP contribution in [-0.4, -0.2) is 17.6 Å². The first-order valence-electron chi connectivity index (χ1n) is 3.16. The molecule has 0 spiro atoms. The van der Waals surface area contributed by atoms with Crippen LogP contribution in [0.2, 0.25) is 0 Å². The van der Waals surface area contributed by atoms with E-state index in [2.05, 4.69) is 0 Å².